The van der Waals surface area contributed by atoms with E-state index in [0.29, 0.717) is 11.3 Å². The molecule has 1 aromatic carbocycles. The van der Waals surface area contributed by atoms with Crippen molar-refractivity contribution in [3.63, 3.8) is 0 Å². The Kier molecular flexibility index (Phi) is 4.08. The van der Waals surface area contributed by atoms with E-state index in [1.807, 2.05) is 13.0 Å². The minimum absolute atomic E-state index is 0.0339. The maximum absolute atomic E-state index is 13.1. The molecule has 0 aliphatic rings. The zero-order valence-electron chi connectivity index (χ0n) is 10.3. The lowest BCUT2D eigenvalue weighted by atomic mass is 10.1. The number of aryl methyl sites for hydroxylation is 1. The molecule has 0 aliphatic heterocycles. The van der Waals surface area contributed by atoms with Crippen molar-refractivity contribution >= 4 is 11.6 Å². The molecule has 0 atom stereocenters. The topological polar surface area (TPSA) is 49.6 Å². The van der Waals surface area contributed by atoms with Gasteiger partial charge in [0.2, 0.25) is 5.82 Å². The first-order valence-electron chi connectivity index (χ1n) is 5.87. The molecule has 0 saturated carbocycles. The molecule has 2 rings (SSSR count). The molecule has 0 amide bonds. The third kappa shape index (κ3) is 3.07. The fourth-order valence-corrected chi connectivity index (χ4v) is 1.92. The minimum atomic E-state index is -0.478. The van der Waals surface area contributed by atoms with Crippen LogP contribution in [0.15, 0.2) is 24.3 Å². The van der Waals surface area contributed by atoms with E-state index in [-0.39, 0.29) is 10.8 Å². The van der Waals surface area contributed by atoms with Crippen molar-refractivity contribution in [2.45, 2.75) is 19.8 Å². The van der Waals surface area contributed by atoms with E-state index in [2.05, 4.69) is 9.97 Å². The Morgan fingerprint density at radius 2 is 2.11 bits per heavy atom. The highest BCUT2D eigenvalue weighted by atomic mass is 35.5. The van der Waals surface area contributed by atoms with Crippen LogP contribution in [0.5, 0.6) is 0 Å². The van der Waals surface area contributed by atoms with Gasteiger partial charge in [0, 0.05) is 11.3 Å². The van der Waals surface area contributed by atoms with Crippen LogP contribution >= 0.6 is 11.6 Å². The van der Waals surface area contributed by atoms with Gasteiger partial charge in [0.25, 0.3) is 0 Å². The second-order valence-electron chi connectivity index (χ2n) is 4.06. The van der Waals surface area contributed by atoms with Gasteiger partial charge in [0.1, 0.15) is 11.9 Å². The first kappa shape index (κ1) is 13.4. The van der Waals surface area contributed by atoms with E-state index < -0.39 is 5.82 Å². The van der Waals surface area contributed by atoms with Gasteiger partial charge < -0.3 is 0 Å². The molecule has 96 valence electrons. The number of hydrogen-bond donors (Lipinski definition) is 0. The summed E-state index contributed by atoms with van der Waals surface area (Å²) in [5.74, 6) is -0.366. The van der Waals surface area contributed by atoms with Crippen LogP contribution in [0.4, 0.5) is 4.39 Å². The van der Waals surface area contributed by atoms with Gasteiger partial charge in [-0.3, -0.25) is 0 Å². The van der Waals surface area contributed by atoms with E-state index in [1.165, 1.54) is 12.1 Å². The summed E-state index contributed by atoms with van der Waals surface area (Å²) in [4.78, 5) is 8.25. The summed E-state index contributed by atoms with van der Waals surface area (Å²) in [6.07, 6.45) is 1.69. The smallest absolute Gasteiger partial charge is 0.224 e. The zero-order valence-corrected chi connectivity index (χ0v) is 11.1. The Morgan fingerprint density at radius 3 is 2.74 bits per heavy atom. The SMILES string of the molecule is CCCc1cc(-c2ccc(F)c(Cl)c2)nc(C#N)n1. The first-order chi connectivity index (χ1) is 9.13. The highest BCUT2D eigenvalue weighted by Crippen LogP contribution is 2.24. The minimum Gasteiger partial charge on any atom is -0.224 e. The van der Waals surface area contributed by atoms with Crippen molar-refractivity contribution in [3.05, 3.63) is 46.6 Å². The van der Waals surface area contributed by atoms with Gasteiger partial charge in [0.05, 0.1) is 10.7 Å². The predicted octanol–water partition coefficient (Wildman–Crippen LogP) is 3.76. The summed E-state index contributed by atoms with van der Waals surface area (Å²) in [6, 6.07) is 8.10. The highest BCUT2D eigenvalue weighted by Gasteiger charge is 2.08. The van der Waals surface area contributed by atoms with Crippen molar-refractivity contribution in [1.82, 2.24) is 9.97 Å². The van der Waals surface area contributed by atoms with E-state index in [1.54, 1.807) is 12.1 Å². The van der Waals surface area contributed by atoms with Crippen LogP contribution in [-0.4, -0.2) is 9.97 Å². The maximum Gasteiger partial charge on any atom is 0.232 e. The molecule has 2 aromatic rings. The second kappa shape index (κ2) is 5.77. The first-order valence-corrected chi connectivity index (χ1v) is 6.25. The highest BCUT2D eigenvalue weighted by molar-refractivity contribution is 6.31. The Bertz CT molecular complexity index is 650. The van der Waals surface area contributed by atoms with Crippen LogP contribution in [0.25, 0.3) is 11.3 Å². The summed E-state index contributed by atoms with van der Waals surface area (Å²) >= 11 is 5.75. The Hall–Kier alpha value is -1.99. The number of nitrogens with zero attached hydrogens (tertiary/aromatic N) is 3. The van der Waals surface area contributed by atoms with Crippen LogP contribution in [0.2, 0.25) is 5.02 Å². The fraction of sp³-hybridized carbons (Fsp3) is 0.214. The second-order valence-corrected chi connectivity index (χ2v) is 4.47. The molecule has 5 heteroatoms. The lowest BCUT2D eigenvalue weighted by Gasteiger charge is -2.05. The van der Waals surface area contributed by atoms with Crippen LogP contribution in [0, 0.1) is 17.1 Å². The van der Waals surface area contributed by atoms with Crippen molar-refractivity contribution in [2.75, 3.05) is 0 Å². The lowest BCUT2D eigenvalue weighted by Crippen LogP contribution is -1.98. The van der Waals surface area contributed by atoms with E-state index in [0.717, 1.165) is 18.5 Å². The third-order valence-electron chi connectivity index (χ3n) is 2.60. The van der Waals surface area contributed by atoms with Gasteiger partial charge in [-0.2, -0.15) is 5.26 Å². The molecule has 1 heterocycles. The van der Waals surface area contributed by atoms with Crippen molar-refractivity contribution in [3.8, 4) is 17.3 Å². The van der Waals surface area contributed by atoms with Crippen molar-refractivity contribution < 1.29 is 4.39 Å². The summed E-state index contributed by atoms with van der Waals surface area (Å²) in [5, 5.41) is 8.97. The number of benzene rings is 1. The average Bonchev–Trinajstić information content (AvgIpc) is 2.42. The number of hydrogen-bond acceptors (Lipinski definition) is 3. The summed E-state index contributed by atoms with van der Waals surface area (Å²) in [6.45, 7) is 2.03. The van der Waals surface area contributed by atoms with Crippen molar-refractivity contribution in [2.24, 2.45) is 0 Å². The van der Waals surface area contributed by atoms with Gasteiger partial charge in [-0.05, 0) is 30.7 Å². The number of halogens is 2. The van der Waals surface area contributed by atoms with E-state index >= 15 is 0 Å². The Labute approximate surface area is 115 Å². The Balaban J connectivity index is 2.51. The van der Waals surface area contributed by atoms with Crippen LogP contribution < -0.4 is 0 Å². The lowest BCUT2D eigenvalue weighted by molar-refractivity contribution is 0.628. The molecule has 0 bridgehead atoms. The molecule has 0 aliphatic carbocycles. The summed E-state index contributed by atoms with van der Waals surface area (Å²) < 4.78 is 13.1. The third-order valence-corrected chi connectivity index (χ3v) is 2.89. The molecule has 0 radical (unpaired) electrons. The van der Waals surface area contributed by atoms with Gasteiger partial charge in [0.15, 0.2) is 0 Å². The van der Waals surface area contributed by atoms with Crippen LogP contribution in [0.3, 0.4) is 0 Å². The summed E-state index contributed by atoms with van der Waals surface area (Å²) in [7, 11) is 0. The van der Waals surface area contributed by atoms with Crippen molar-refractivity contribution in [1.29, 1.82) is 5.26 Å². The van der Waals surface area contributed by atoms with Gasteiger partial charge in [-0.25, -0.2) is 14.4 Å². The van der Waals surface area contributed by atoms with E-state index in [4.69, 9.17) is 16.9 Å². The molecule has 0 fully saturated rings. The molecule has 0 N–H and O–H groups in total. The van der Waals surface area contributed by atoms with Crippen LogP contribution in [0.1, 0.15) is 24.9 Å². The summed E-state index contributed by atoms with van der Waals surface area (Å²) in [5.41, 5.74) is 2.05. The van der Waals surface area contributed by atoms with Crippen LogP contribution in [-0.2, 0) is 6.42 Å². The molecule has 1 aromatic heterocycles. The van der Waals surface area contributed by atoms with Gasteiger partial charge >= 0.3 is 0 Å². The Morgan fingerprint density at radius 1 is 1.32 bits per heavy atom. The molecule has 0 saturated heterocycles. The fourth-order valence-electron chi connectivity index (χ4n) is 1.74. The normalized spacial score (nSPS) is 10.2. The molecular weight excluding hydrogens is 265 g/mol. The molecular formula is C14H11ClFN3. The maximum atomic E-state index is 13.1. The quantitative estimate of drug-likeness (QED) is 0.857. The van der Waals surface area contributed by atoms with E-state index in [9.17, 15) is 4.39 Å². The number of nitriles is 1. The molecule has 3 nitrogen and oxygen atoms in total. The standard InChI is InChI=1S/C14H11ClFN3/c1-2-3-10-7-13(19-14(8-17)18-10)9-4-5-12(16)11(15)6-9/h4-7H,2-3H2,1H3. The molecule has 0 unspecified atom stereocenters. The molecule has 19 heavy (non-hydrogen) atoms. The van der Waals surface area contributed by atoms with Gasteiger partial charge in [-0.1, -0.05) is 24.9 Å². The average molecular weight is 276 g/mol. The molecule has 0 spiro atoms. The largest absolute Gasteiger partial charge is 0.232 e. The number of aromatic nitrogens is 2. The predicted molar refractivity (Wildman–Crippen MR) is 71.1 cm³/mol. The van der Waals surface area contributed by atoms with Gasteiger partial charge in [-0.15, -0.1) is 0 Å². The monoisotopic (exact) mass is 275 g/mol. The zero-order chi connectivity index (χ0) is 13.8. The number of rotatable bonds is 3.